The molecule has 0 saturated carbocycles. The quantitative estimate of drug-likeness (QED) is 0.755. The standard InChI is InChI=1S/C12H24N2O2/c1-9(12(2,3)4)14-11(15)7-10-8-16-6-5-13-10/h9-10,13H,5-8H2,1-4H3,(H,14,15). The predicted molar refractivity (Wildman–Crippen MR) is 64.3 cm³/mol. The number of carbonyl (C=O) groups is 1. The molecule has 1 heterocycles. The van der Waals surface area contributed by atoms with Gasteiger partial charge in [0.15, 0.2) is 0 Å². The van der Waals surface area contributed by atoms with Crippen LogP contribution in [0.5, 0.6) is 0 Å². The van der Waals surface area contributed by atoms with Gasteiger partial charge in [-0.2, -0.15) is 0 Å². The summed E-state index contributed by atoms with van der Waals surface area (Å²) in [5.74, 6) is 0.102. The van der Waals surface area contributed by atoms with Crippen molar-refractivity contribution < 1.29 is 9.53 Å². The first kappa shape index (κ1) is 13.5. The Morgan fingerprint density at radius 1 is 1.56 bits per heavy atom. The Labute approximate surface area is 98.1 Å². The van der Waals surface area contributed by atoms with E-state index in [2.05, 4.69) is 31.4 Å². The lowest BCUT2D eigenvalue weighted by Crippen LogP contribution is -2.47. The lowest BCUT2D eigenvalue weighted by atomic mass is 9.88. The first-order chi connectivity index (χ1) is 7.39. The lowest BCUT2D eigenvalue weighted by Gasteiger charge is -2.29. The molecule has 0 aromatic heterocycles. The molecule has 1 rings (SSSR count). The number of hydrogen-bond acceptors (Lipinski definition) is 3. The summed E-state index contributed by atoms with van der Waals surface area (Å²) in [7, 11) is 0. The average Bonchev–Trinajstić information content (AvgIpc) is 2.17. The highest BCUT2D eigenvalue weighted by atomic mass is 16.5. The summed E-state index contributed by atoms with van der Waals surface area (Å²) in [6.45, 7) is 10.6. The number of carbonyl (C=O) groups excluding carboxylic acids is 1. The second-order valence-electron chi connectivity index (χ2n) is 5.59. The van der Waals surface area contributed by atoms with Crippen LogP contribution in [-0.2, 0) is 9.53 Å². The lowest BCUT2D eigenvalue weighted by molar-refractivity contribution is -0.123. The maximum atomic E-state index is 11.8. The van der Waals surface area contributed by atoms with Gasteiger partial charge in [0.05, 0.1) is 13.2 Å². The Morgan fingerprint density at radius 3 is 2.75 bits per heavy atom. The average molecular weight is 228 g/mol. The van der Waals surface area contributed by atoms with Crippen molar-refractivity contribution in [1.29, 1.82) is 0 Å². The number of morpholine rings is 1. The highest BCUT2D eigenvalue weighted by Crippen LogP contribution is 2.18. The van der Waals surface area contributed by atoms with Crippen LogP contribution in [0.2, 0.25) is 0 Å². The first-order valence-electron chi connectivity index (χ1n) is 6.00. The molecular weight excluding hydrogens is 204 g/mol. The van der Waals surface area contributed by atoms with Crippen LogP contribution in [0.4, 0.5) is 0 Å². The van der Waals surface area contributed by atoms with Gasteiger partial charge in [-0.1, -0.05) is 20.8 Å². The third kappa shape index (κ3) is 4.49. The summed E-state index contributed by atoms with van der Waals surface area (Å²) in [5, 5.41) is 6.31. The molecule has 1 fully saturated rings. The maximum absolute atomic E-state index is 11.8. The van der Waals surface area contributed by atoms with E-state index >= 15 is 0 Å². The summed E-state index contributed by atoms with van der Waals surface area (Å²) < 4.78 is 5.31. The van der Waals surface area contributed by atoms with Crippen LogP contribution in [0.15, 0.2) is 0 Å². The second-order valence-corrected chi connectivity index (χ2v) is 5.59. The summed E-state index contributed by atoms with van der Waals surface area (Å²) in [6, 6.07) is 0.352. The van der Waals surface area contributed by atoms with Crippen LogP contribution in [-0.4, -0.2) is 37.7 Å². The third-order valence-corrected chi connectivity index (χ3v) is 3.11. The Hall–Kier alpha value is -0.610. The van der Waals surface area contributed by atoms with Crippen molar-refractivity contribution >= 4 is 5.91 Å². The summed E-state index contributed by atoms with van der Waals surface area (Å²) in [4.78, 5) is 11.8. The van der Waals surface area contributed by atoms with Crippen LogP contribution in [0, 0.1) is 5.41 Å². The Kier molecular flexibility index (Phi) is 4.74. The van der Waals surface area contributed by atoms with Gasteiger partial charge in [0.25, 0.3) is 0 Å². The molecule has 16 heavy (non-hydrogen) atoms. The highest BCUT2D eigenvalue weighted by molar-refractivity contribution is 5.77. The second kappa shape index (κ2) is 5.64. The van der Waals surface area contributed by atoms with Crippen LogP contribution < -0.4 is 10.6 Å². The van der Waals surface area contributed by atoms with E-state index in [1.807, 2.05) is 6.92 Å². The van der Waals surface area contributed by atoms with E-state index < -0.39 is 0 Å². The fourth-order valence-electron chi connectivity index (χ4n) is 1.49. The Balaban J connectivity index is 2.29. The molecule has 1 amide bonds. The zero-order valence-corrected chi connectivity index (χ0v) is 10.8. The number of ether oxygens (including phenoxy) is 1. The minimum absolute atomic E-state index is 0.102. The molecule has 0 radical (unpaired) electrons. The number of nitrogens with one attached hydrogen (secondary N) is 2. The fraction of sp³-hybridized carbons (Fsp3) is 0.917. The van der Waals surface area contributed by atoms with Gasteiger partial charge in [-0.05, 0) is 12.3 Å². The van der Waals surface area contributed by atoms with Gasteiger partial charge in [-0.3, -0.25) is 4.79 Å². The van der Waals surface area contributed by atoms with Gasteiger partial charge >= 0.3 is 0 Å². The van der Waals surface area contributed by atoms with E-state index in [9.17, 15) is 4.79 Å². The van der Waals surface area contributed by atoms with Crippen LogP contribution in [0.1, 0.15) is 34.1 Å². The van der Waals surface area contributed by atoms with Crippen molar-refractivity contribution in [2.45, 2.75) is 46.2 Å². The van der Waals surface area contributed by atoms with E-state index in [1.54, 1.807) is 0 Å². The van der Waals surface area contributed by atoms with E-state index in [0.717, 1.165) is 13.2 Å². The predicted octanol–water partition coefficient (Wildman–Crippen LogP) is 0.916. The zero-order chi connectivity index (χ0) is 12.2. The van der Waals surface area contributed by atoms with Crippen molar-refractivity contribution in [1.82, 2.24) is 10.6 Å². The van der Waals surface area contributed by atoms with E-state index in [-0.39, 0.29) is 23.4 Å². The fourth-order valence-corrected chi connectivity index (χ4v) is 1.49. The Morgan fingerprint density at radius 2 is 2.25 bits per heavy atom. The minimum atomic E-state index is 0.102. The van der Waals surface area contributed by atoms with Gasteiger partial charge in [-0.15, -0.1) is 0 Å². The van der Waals surface area contributed by atoms with Crippen molar-refractivity contribution in [2.75, 3.05) is 19.8 Å². The largest absolute Gasteiger partial charge is 0.378 e. The molecule has 0 aromatic rings. The summed E-state index contributed by atoms with van der Waals surface area (Å²) in [6.07, 6.45) is 0.500. The summed E-state index contributed by atoms with van der Waals surface area (Å²) in [5.41, 5.74) is 0.103. The van der Waals surface area contributed by atoms with E-state index in [0.29, 0.717) is 13.0 Å². The number of rotatable bonds is 3. The molecule has 0 bridgehead atoms. The van der Waals surface area contributed by atoms with Crippen molar-refractivity contribution in [3.63, 3.8) is 0 Å². The first-order valence-corrected chi connectivity index (χ1v) is 6.00. The normalized spacial score (nSPS) is 23.9. The zero-order valence-electron chi connectivity index (χ0n) is 10.8. The molecule has 2 atom stereocenters. The van der Waals surface area contributed by atoms with Crippen LogP contribution in [0.3, 0.4) is 0 Å². The topological polar surface area (TPSA) is 50.4 Å². The van der Waals surface area contributed by atoms with E-state index in [1.165, 1.54) is 0 Å². The molecule has 0 aromatic carbocycles. The highest BCUT2D eigenvalue weighted by Gasteiger charge is 2.23. The molecule has 1 aliphatic rings. The number of hydrogen-bond donors (Lipinski definition) is 2. The molecule has 0 spiro atoms. The molecule has 4 heteroatoms. The molecule has 0 aliphatic carbocycles. The van der Waals surface area contributed by atoms with E-state index in [4.69, 9.17) is 4.74 Å². The van der Waals surface area contributed by atoms with Gasteiger partial charge in [0.1, 0.15) is 0 Å². The summed E-state index contributed by atoms with van der Waals surface area (Å²) >= 11 is 0. The van der Waals surface area contributed by atoms with Gasteiger partial charge in [-0.25, -0.2) is 0 Å². The van der Waals surface area contributed by atoms with Gasteiger partial charge in [0, 0.05) is 25.0 Å². The van der Waals surface area contributed by atoms with Gasteiger partial charge < -0.3 is 15.4 Å². The van der Waals surface area contributed by atoms with Crippen LogP contribution in [0.25, 0.3) is 0 Å². The third-order valence-electron chi connectivity index (χ3n) is 3.11. The number of amides is 1. The molecule has 1 aliphatic heterocycles. The molecular formula is C12H24N2O2. The van der Waals surface area contributed by atoms with Crippen molar-refractivity contribution in [3.8, 4) is 0 Å². The molecule has 4 nitrogen and oxygen atoms in total. The van der Waals surface area contributed by atoms with Crippen LogP contribution >= 0.6 is 0 Å². The maximum Gasteiger partial charge on any atom is 0.221 e. The van der Waals surface area contributed by atoms with Gasteiger partial charge in [0.2, 0.25) is 5.91 Å². The van der Waals surface area contributed by atoms with Crippen molar-refractivity contribution in [3.05, 3.63) is 0 Å². The molecule has 2 N–H and O–H groups in total. The molecule has 94 valence electrons. The molecule has 1 saturated heterocycles. The smallest absolute Gasteiger partial charge is 0.221 e. The Bertz CT molecular complexity index is 230. The SMILES string of the molecule is CC(NC(=O)CC1COCCN1)C(C)(C)C. The monoisotopic (exact) mass is 228 g/mol. The molecule has 2 unspecified atom stereocenters. The van der Waals surface area contributed by atoms with Crippen molar-refractivity contribution in [2.24, 2.45) is 5.41 Å². The minimum Gasteiger partial charge on any atom is -0.378 e.